The predicted octanol–water partition coefficient (Wildman–Crippen LogP) is 4.38. The van der Waals surface area contributed by atoms with Gasteiger partial charge in [-0.2, -0.15) is 0 Å². The molecule has 4 nitrogen and oxygen atoms in total. The van der Waals surface area contributed by atoms with Crippen LogP contribution in [0.1, 0.15) is 71.6 Å². The van der Waals surface area contributed by atoms with E-state index < -0.39 is 0 Å². The highest BCUT2D eigenvalue weighted by Crippen LogP contribution is 2.10. The molecule has 0 fully saturated rings. The largest absolute Gasteiger partial charge is 0.479 e. The lowest BCUT2D eigenvalue weighted by Gasteiger charge is -2.01. The summed E-state index contributed by atoms with van der Waals surface area (Å²) in [5.41, 5.74) is 0. The van der Waals surface area contributed by atoms with Crippen molar-refractivity contribution in [2.45, 2.75) is 71.6 Å². The fraction of sp³-hybridized carbons (Fsp3) is 0.882. The van der Waals surface area contributed by atoms with Crippen LogP contribution in [-0.4, -0.2) is 38.1 Å². The molecule has 0 aromatic rings. The van der Waals surface area contributed by atoms with Crippen molar-refractivity contribution in [3.63, 3.8) is 0 Å². The first-order chi connectivity index (χ1) is 10.4. The van der Waals surface area contributed by atoms with Crippen molar-refractivity contribution in [1.29, 1.82) is 0 Å². The summed E-state index contributed by atoms with van der Waals surface area (Å²) in [5, 5.41) is 0. The van der Waals surface area contributed by atoms with Gasteiger partial charge in [-0.25, -0.2) is 0 Å². The van der Waals surface area contributed by atoms with Crippen LogP contribution in [0, 0.1) is 0 Å². The maximum atomic E-state index is 5.35. The minimum absolute atomic E-state index is 0.795. The monoisotopic (exact) mass is 296 g/mol. The third kappa shape index (κ3) is 9.48. The first-order valence-corrected chi connectivity index (χ1v) is 8.69. The van der Waals surface area contributed by atoms with Crippen LogP contribution < -0.4 is 0 Å². The van der Waals surface area contributed by atoms with Gasteiger partial charge in [-0.3, -0.25) is 9.98 Å². The summed E-state index contributed by atoms with van der Waals surface area (Å²) in [6.07, 6.45) is 11.5. The van der Waals surface area contributed by atoms with E-state index in [-0.39, 0.29) is 0 Å². The normalized spacial score (nSPS) is 16.5. The van der Waals surface area contributed by atoms with Crippen molar-refractivity contribution in [2.75, 3.05) is 26.3 Å². The van der Waals surface area contributed by atoms with Gasteiger partial charge in [0.1, 0.15) is 13.2 Å². The fourth-order valence-electron chi connectivity index (χ4n) is 2.36. The first kappa shape index (κ1) is 18.0. The van der Waals surface area contributed by atoms with Crippen LogP contribution in [0.15, 0.2) is 9.98 Å². The highest BCUT2D eigenvalue weighted by Gasteiger charge is 2.05. The van der Waals surface area contributed by atoms with Crippen LogP contribution in [0.4, 0.5) is 0 Å². The van der Waals surface area contributed by atoms with Gasteiger partial charge in [0.05, 0.1) is 13.1 Å². The molecule has 2 aliphatic heterocycles. The zero-order chi connectivity index (χ0) is 15.2. The average molecular weight is 296 g/mol. The maximum absolute atomic E-state index is 5.35. The Morgan fingerprint density at radius 2 is 1.33 bits per heavy atom. The Morgan fingerprint density at radius 1 is 0.762 bits per heavy atom. The van der Waals surface area contributed by atoms with Crippen molar-refractivity contribution in [3.8, 4) is 0 Å². The Balaban J connectivity index is 0.000000262. The zero-order valence-electron chi connectivity index (χ0n) is 13.9. The summed E-state index contributed by atoms with van der Waals surface area (Å²) in [6.45, 7) is 7.66. The molecule has 0 amide bonds. The predicted molar refractivity (Wildman–Crippen MR) is 89.4 cm³/mol. The molecule has 0 bridgehead atoms. The molecule has 2 heterocycles. The number of unbranched alkanes of at least 4 members (excludes halogenated alkanes) is 6. The molecule has 0 N–H and O–H groups in total. The van der Waals surface area contributed by atoms with Gasteiger partial charge in [-0.1, -0.05) is 52.4 Å². The van der Waals surface area contributed by atoms with Gasteiger partial charge < -0.3 is 9.47 Å². The molecule has 0 saturated heterocycles. The summed E-state index contributed by atoms with van der Waals surface area (Å²) in [4.78, 5) is 8.33. The highest BCUT2D eigenvalue weighted by atomic mass is 16.5. The van der Waals surface area contributed by atoms with Crippen molar-refractivity contribution in [3.05, 3.63) is 0 Å². The minimum Gasteiger partial charge on any atom is -0.479 e. The van der Waals surface area contributed by atoms with Crippen molar-refractivity contribution >= 4 is 11.8 Å². The molecule has 0 aliphatic carbocycles. The van der Waals surface area contributed by atoms with E-state index in [1.807, 2.05) is 6.92 Å². The maximum Gasteiger partial charge on any atom is 0.183 e. The molecule has 0 unspecified atom stereocenters. The number of ether oxygens (including phenoxy) is 2. The minimum atomic E-state index is 0.795. The molecule has 0 spiro atoms. The molecule has 122 valence electrons. The van der Waals surface area contributed by atoms with Gasteiger partial charge >= 0.3 is 0 Å². The van der Waals surface area contributed by atoms with Crippen LogP contribution in [0.3, 0.4) is 0 Å². The molecule has 21 heavy (non-hydrogen) atoms. The van der Waals surface area contributed by atoms with Crippen molar-refractivity contribution < 1.29 is 9.47 Å². The molecular formula is C17H32N2O2. The number of aliphatic imine (C=N–C) groups is 2. The Kier molecular flexibility index (Phi) is 10.8. The second kappa shape index (κ2) is 12.7. The average Bonchev–Trinajstić information content (AvgIpc) is 3.20. The van der Waals surface area contributed by atoms with Gasteiger partial charge in [0.25, 0.3) is 0 Å². The Labute approximate surface area is 130 Å². The summed E-state index contributed by atoms with van der Waals surface area (Å²) in [5.74, 6) is 1.92. The van der Waals surface area contributed by atoms with E-state index in [1.165, 1.54) is 44.9 Å². The highest BCUT2D eigenvalue weighted by molar-refractivity contribution is 5.77. The second-order valence-corrected chi connectivity index (χ2v) is 5.47. The van der Waals surface area contributed by atoms with Crippen LogP contribution >= 0.6 is 0 Å². The summed E-state index contributed by atoms with van der Waals surface area (Å²) in [6, 6.07) is 0. The molecule has 0 aromatic heterocycles. The zero-order valence-corrected chi connectivity index (χ0v) is 13.9. The second-order valence-electron chi connectivity index (χ2n) is 5.47. The lowest BCUT2D eigenvalue weighted by Crippen LogP contribution is -1.98. The smallest absolute Gasteiger partial charge is 0.183 e. The quantitative estimate of drug-likeness (QED) is 0.593. The third-order valence-electron chi connectivity index (χ3n) is 3.59. The van der Waals surface area contributed by atoms with Gasteiger partial charge in [-0.15, -0.1) is 0 Å². The Morgan fingerprint density at radius 3 is 1.81 bits per heavy atom. The third-order valence-corrected chi connectivity index (χ3v) is 3.59. The van der Waals surface area contributed by atoms with Crippen molar-refractivity contribution in [2.24, 2.45) is 9.98 Å². The molecule has 4 heteroatoms. The summed E-state index contributed by atoms with van der Waals surface area (Å²) < 4.78 is 10.4. The number of rotatable bonds is 9. The van der Waals surface area contributed by atoms with Gasteiger partial charge in [0.15, 0.2) is 11.8 Å². The molecular weight excluding hydrogens is 264 g/mol. The first-order valence-electron chi connectivity index (χ1n) is 8.69. The van der Waals surface area contributed by atoms with E-state index >= 15 is 0 Å². The fourth-order valence-corrected chi connectivity index (χ4v) is 2.36. The number of hydrogen-bond acceptors (Lipinski definition) is 4. The van der Waals surface area contributed by atoms with E-state index in [2.05, 4.69) is 16.9 Å². The van der Waals surface area contributed by atoms with Crippen LogP contribution in [0.2, 0.25) is 0 Å². The van der Waals surface area contributed by atoms with Crippen LogP contribution in [-0.2, 0) is 9.47 Å². The van der Waals surface area contributed by atoms with E-state index in [0.29, 0.717) is 0 Å². The number of hydrogen-bond donors (Lipinski definition) is 0. The van der Waals surface area contributed by atoms with Crippen molar-refractivity contribution in [1.82, 2.24) is 0 Å². The number of nitrogens with zero attached hydrogens (tertiary/aromatic N) is 2. The lowest BCUT2D eigenvalue weighted by atomic mass is 10.1. The van der Waals surface area contributed by atoms with Gasteiger partial charge in [0, 0.05) is 12.8 Å². The SMILES string of the molecule is CCC1=NCCO1.CCCCCCCCCC1=NCCO1. The summed E-state index contributed by atoms with van der Waals surface area (Å²) >= 11 is 0. The van der Waals surface area contributed by atoms with Gasteiger partial charge in [-0.05, 0) is 6.42 Å². The molecule has 2 aliphatic rings. The summed E-state index contributed by atoms with van der Waals surface area (Å²) in [7, 11) is 0. The standard InChI is InChI=1S/C12H23NO.C5H9NO/c1-2-3-4-5-6-7-8-9-12-13-10-11-14-12;1-2-5-6-3-4-7-5/h2-11H2,1H3;2-4H2,1H3. The molecule has 0 radical (unpaired) electrons. The lowest BCUT2D eigenvalue weighted by molar-refractivity contribution is 0.336. The topological polar surface area (TPSA) is 43.2 Å². The van der Waals surface area contributed by atoms with Gasteiger partial charge in [0.2, 0.25) is 0 Å². The Bertz CT molecular complexity index is 314. The van der Waals surface area contributed by atoms with Crippen LogP contribution in [0.25, 0.3) is 0 Å². The molecule has 2 rings (SSSR count). The van der Waals surface area contributed by atoms with E-state index in [9.17, 15) is 0 Å². The van der Waals surface area contributed by atoms with Crippen LogP contribution in [0.5, 0.6) is 0 Å². The van der Waals surface area contributed by atoms with E-state index in [4.69, 9.17) is 9.47 Å². The molecule has 0 aromatic carbocycles. The molecule has 0 atom stereocenters. The Hall–Kier alpha value is -1.06. The molecule has 0 saturated carbocycles. The van der Waals surface area contributed by atoms with E-state index in [0.717, 1.165) is 50.9 Å². The van der Waals surface area contributed by atoms with E-state index in [1.54, 1.807) is 0 Å².